The summed E-state index contributed by atoms with van der Waals surface area (Å²) in [6.07, 6.45) is 4.43. The zero-order valence-electron chi connectivity index (χ0n) is 19.1. The molecule has 2 saturated carbocycles. The summed E-state index contributed by atoms with van der Waals surface area (Å²) < 4.78 is 5.54. The second-order valence-electron chi connectivity index (χ2n) is 8.70. The molecular weight excluding hydrogens is 515 g/mol. The lowest BCUT2D eigenvalue weighted by atomic mass is 9.84. The van der Waals surface area contributed by atoms with Gasteiger partial charge in [0.05, 0.1) is 22.8 Å². The average Bonchev–Trinajstić information content (AvgIpc) is 3.77. The molecule has 0 radical (unpaired) electrons. The zero-order valence-corrected chi connectivity index (χ0v) is 20.7. The third-order valence-electron chi connectivity index (χ3n) is 6.01. The van der Waals surface area contributed by atoms with E-state index in [9.17, 15) is 9.59 Å². The molecular formula is C25H26BBrN2O6. The van der Waals surface area contributed by atoms with Crippen molar-refractivity contribution in [2.45, 2.75) is 37.4 Å². The number of esters is 1. The van der Waals surface area contributed by atoms with Gasteiger partial charge >= 0.3 is 19.1 Å². The van der Waals surface area contributed by atoms with Crippen LogP contribution in [0, 0.1) is 0 Å². The van der Waals surface area contributed by atoms with E-state index in [4.69, 9.17) is 15.2 Å². The van der Waals surface area contributed by atoms with Gasteiger partial charge in [0.1, 0.15) is 0 Å². The fraction of sp³-hybridized carbons (Fsp3) is 0.280. The van der Waals surface area contributed by atoms with Crippen LogP contribution in [0.1, 0.15) is 58.0 Å². The molecule has 2 aromatic carbocycles. The number of halogens is 1. The summed E-state index contributed by atoms with van der Waals surface area (Å²) in [4.78, 5) is 28.8. The molecule has 10 heteroatoms. The van der Waals surface area contributed by atoms with Gasteiger partial charge in [0, 0.05) is 27.5 Å². The molecule has 2 aliphatic carbocycles. The van der Waals surface area contributed by atoms with Crippen molar-refractivity contribution in [3.8, 4) is 0 Å². The third kappa shape index (κ3) is 6.14. The van der Waals surface area contributed by atoms with Gasteiger partial charge < -0.3 is 29.9 Å². The van der Waals surface area contributed by atoms with Gasteiger partial charge in [-0.15, -0.1) is 0 Å². The largest absolute Gasteiger partial charge is 0.478 e. The maximum Gasteiger partial charge on any atom is 0.454 e. The van der Waals surface area contributed by atoms with Gasteiger partial charge in [-0.25, -0.2) is 9.59 Å². The molecule has 0 aliphatic heterocycles. The number of fused-ring (bicyclic) bond motifs is 2. The molecule has 0 bridgehead atoms. The maximum atomic E-state index is 11.4. The number of benzene rings is 2. The van der Waals surface area contributed by atoms with Gasteiger partial charge in [-0.05, 0) is 76.9 Å². The standard InChI is InChI=1S/C12H11NO2.C10H8BrNO2.C3H7BO2/c14-12(15)8-2-1-3-10-9(8)6-11(13-10)7-4-5-7;1-14-10(13)6-3-2-4-8-7(6)5-9(11)12-8;5-4(6)3-1-2-3/h1-3,6-7,13H,4-5H2,(H,14,15);2-5,12H,1H3;3,5-6H,1-2H2. The number of aromatic amines is 2. The van der Waals surface area contributed by atoms with Crippen molar-refractivity contribution < 1.29 is 29.5 Å². The summed E-state index contributed by atoms with van der Waals surface area (Å²) in [7, 11) is 0.341. The van der Waals surface area contributed by atoms with Crippen molar-refractivity contribution in [2.24, 2.45) is 0 Å². The van der Waals surface area contributed by atoms with Gasteiger partial charge in [0.2, 0.25) is 0 Å². The molecule has 6 rings (SSSR count). The Labute approximate surface area is 210 Å². The summed E-state index contributed by atoms with van der Waals surface area (Å²) in [5.41, 5.74) is 3.98. The topological polar surface area (TPSA) is 136 Å². The Kier molecular flexibility index (Phi) is 7.64. The van der Waals surface area contributed by atoms with E-state index in [0.717, 1.165) is 39.3 Å². The summed E-state index contributed by atoms with van der Waals surface area (Å²) >= 11 is 3.32. The van der Waals surface area contributed by atoms with E-state index in [2.05, 4.69) is 30.6 Å². The van der Waals surface area contributed by atoms with Crippen LogP contribution in [0.4, 0.5) is 0 Å². The molecule has 2 heterocycles. The number of carboxylic acid groups (broad SMARTS) is 1. The first-order chi connectivity index (χ1) is 16.8. The van der Waals surface area contributed by atoms with Gasteiger partial charge in [-0.2, -0.15) is 0 Å². The number of methoxy groups -OCH3 is 1. The minimum absolute atomic E-state index is 0.213. The van der Waals surface area contributed by atoms with Gasteiger partial charge in [0.15, 0.2) is 0 Å². The highest BCUT2D eigenvalue weighted by atomic mass is 79.9. The fourth-order valence-corrected chi connectivity index (χ4v) is 4.22. The Morgan fingerprint density at radius 3 is 2.06 bits per heavy atom. The predicted molar refractivity (Wildman–Crippen MR) is 138 cm³/mol. The molecule has 2 fully saturated rings. The Hall–Kier alpha value is -3.08. The molecule has 8 nitrogen and oxygen atoms in total. The lowest BCUT2D eigenvalue weighted by molar-refractivity contribution is 0.0602. The van der Waals surface area contributed by atoms with Crippen LogP contribution in [0.3, 0.4) is 0 Å². The van der Waals surface area contributed by atoms with E-state index in [1.807, 2.05) is 30.3 Å². The number of aromatic nitrogens is 2. The molecule has 0 atom stereocenters. The number of ether oxygens (including phenoxy) is 1. The van der Waals surface area contributed by atoms with E-state index >= 15 is 0 Å². The normalized spacial score (nSPS) is 14.5. The number of aromatic carboxylic acids is 1. The average molecular weight is 541 g/mol. The van der Waals surface area contributed by atoms with E-state index in [1.165, 1.54) is 25.6 Å². The number of carbonyl (C=O) groups is 2. The van der Waals surface area contributed by atoms with Crippen LogP contribution in [0.5, 0.6) is 0 Å². The van der Waals surface area contributed by atoms with Crippen molar-refractivity contribution in [3.05, 3.63) is 70.0 Å². The number of hydrogen-bond donors (Lipinski definition) is 5. The van der Waals surface area contributed by atoms with E-state index in [1.54, 1.807) is 18.2 Å². The second-order valence-corrected chi connectivity index (χ2v) is 9.55. The van der Waals surface area contributed by atoms with Crippen molar-refractivity contribution in [1.82, 2.24) is 9.97 Å². The predicted octanol–water partition coefficient (Wildman–Crippen LogP) is 5.08. The lowest BCUT2D eigenvalue weighted by Crippen LogP contribution is -2.09. The Morgan fingerprint density at radius 2 is 1.54 bits per heavy atom. The Morgan fingerprint density at radius 1 is 0.943 bits per heavy atom. The van der Waals surface area contributed by atoms with Crippen molar-refractivity contribution in [1.29, 1.82) is 0 Å². The summed E-state index contributed by atoms with van der Waals surface area (Å²) in [6.45, 7) is 0. The quantitative estimate of drug-likeness (QED) is 0.181. The molecule has 5 N–H and O–H groups in total. The molecule has 2 aromatic heterocycles. The lowest BCUT2D eigenvalue weighted by Gasteiger charge is -1.99. The molecule has 0 amide bonds. The first-order valence-electron chi connectivity index (χ1n) is 11.3. The van der Waals surface area contributed by atoms with Crippen molar-refractivity contribution in [2.75, 3.05) is 7.11 Å². The van der Waals surface area contributed by atoms with Crippen molar-refractivity contribution >= 4 is 56.8 Å². The van der Waals surface area contributed by atoms with Gasteiger partial charge in [-0.1, -0.05) is 25.0 Å². The SMILES string of the molecule is COC(=O)c1cccc2[nH]c(Br)cc12.O=C(O)c1cccc2[nH]c(C3CC3)cc12.OB(O)C1CC1. The fourth-order valence-electron chi connectivity index (χ4n) is 3.78. The zero-order chi connectivity index (χ0) is 25.1. The minimum Gasteiger partial charge on any atom is -0.478 e. The first-order valence-corrected chi connectivity index (χ1v) is 12.1. The molecule has 4 aromatic rings. The number of carbonyl (C=O) groups excluding carboxylic acids is 1. The van der Waals surface area contributed by atoms with Crippen LogP contribution in [-0.4, -0.2) is 51.3 Å². The first kappa shape index (κ1) is 25.0. The van der Waals surface area contributed by atoms with E-state index in [0.29, 0.717) is 17.0 Å². The number of rotatable bonds is 4. The highest BCUT2D eigenvalue weighted by Crippen LogP contribution is 2.41. The van der Waals surface area contributed by atoms with E-state index < -0.39 is 13.1 Å². The molecule has 182 valence electrons. The van der Waals surface area contributed by atoms with Crippen LogP contribution >= 0.6 is 15.9 Å². The number of carboxylic acids is 1. The van der Waals surface area contributed by atoms with E-state index in [-0.39, 0.29) is 11.8 Å². The number of nitrogens with one attached hydrogen (secondary N) is 2. The monoisotopic (exact) mass is 540 g/mol. The van der Waals surface area contributed by atoms with Gasteiger partial charge in [0.25, 0.3) is 0 Å². The number of H-pyrrole nitrogens is 2. The highest BCUT2D eigenvalue weighted by Gasteiger charge is 2.33. The van der Waals surface area contributed by atoms with Crippen LogP contribution < -0.4 is 0 Å². The van der Waals surface area contributed by atoms with Crippen LogP contribution in [0.15, 0.2) is 53.1 Å². The third-order valence-corrected chi connectivity index (χ3v) is 6.44. The number of hydrogen-bond acceptors (Lipinski definition) is 5. The smallest absolute Gasteiger partial charge is 0.454 e. The molecule has 0 unspecified atom stereocenters. The minimum atomic E-state index is -1.04. The van der Waals surface area contributed by atoms with Gasteiger partial charge in [-0.3, -0.25) is 0 Å². The Balaban J connectivity index is 0.000000135. The molecule has 35 heavy (non-hydrogen) atoms. The summed E-state index contributed by atoms with van der Waals surface area (Å²) in [5.74, 6) is -0.340. The highest BCUT2D eigenvalue weighted by molar-refractivity contribution is 9.10. The summed E-state index contributed by atoms with van der Waals surface area (Å²) in [6, 6.07) is 14.7. The summed E-state index contributed by atoms with van der Waals surface area (Å²) in [5, 5.41) is 27.2. The molecule has 0 saturated heterocycles. The van der Waals surface area contributed by atoms with Crippen LogP contribution in [-0.2, 0) is 4.74 Å². The Bertz CT molecular complexity index is 1360. The van der Waals surface area contributed by atoms with Crippen molar-refractivity contribution in [3.63, 3.8) is 0 Å². The van der Waals surface area contributed by atoms with Crippen LogP contribution in [0.25, 0.3) is 21.8 Å². The molecule has 0 spiro atoms. The van der Waals surface area contributed by atoms with Crippen LogP contribution in [0.2, 0.25) is 5.82 Å². The molecule has 2 aliphatic rings. The maximum absolute atomic E-state index is 11.4. The second kappa shape index (κ2) is 10.7.